The topological polar surface area (TPSA) is 74.6 Å². The fourth-order valence-electron chi connectivity index (χ4n) is 2.81. The third-order valence-corrected chi connectivity index (χ3v) is 3.89. The van der Waals surface area contributed by atoms with E-state index in [0.717, 1.165) is 11.4 Å². The molecule has 1 aromatic heterocycles. The summed E-state index contributed by atoms with van der Waals surface area (Å²) in [4.78, 5) is 12.4. The average Bonchev–Trinajstić information content (AvgIpc) is 2.92. The van der Waals surface area contributed by atoms with E-state index in [1.54, 1.807) is 12.1 Å². The molecule has 2 rings (SSSR count). The van der Waals surface area contributed by atoms with Crippen LogP contribution in [0, 0.1) is 13.8 Å². The van der Waals surface area contributed by atoms with E-state index < -0.39 is 0 Å². The normalized spacial score (nSPS) is 11.8. The summed E-state index contributed by atoms with van der Waals surface area (Å²) in [6, 6.07) is 5.35. The third-order valence-electron chi connectivity index (χ3n) is 3.89. The SMILES string of the molecule is COc1cc(NC(=O)C[C@@H](C)n2nc(C)cc2C)cc(OC)c1OC. The maximum Gasteiger partial charge on any atom is 0.226 e. The second-order valence-corrected chi connectivity index (χ2v) is 5.89. The van der Waals surface area contributed by atoms with Crippen LogP contribution in [0.15, 0.2) is 18.2 Å². The number of nitrogens with one attached hydrogen (secondary N) is 1. The second-order valence-electron chi connectivity index (χ2n) is 5.89. The first kappa shape index (κ1) is 18.6. The van der Waals surface area contributed by atoms with Crippen LogP contribution >= 0.6 is 0 Å². The van der Waals surface area contributed by atoms with Crippen molar-refractivity contribution in [2.45, 2.75) is 33.2 Å². The highest BCUT2D eigenvalue weighted by molar-refractivity contribution is 5.91. The molecule has 1 N–H and O–H groups in total. The molecule has 1 amide bonds. The van der Waals surface area contributed by atoms with Crippen LogP contribution in [0.4, 0.5) is 5.69 Å². The standard InChI is InChI=1S/C18H25N3O4/c1-11-7-12(2)21(20-11)13(3)8-17(22)19-14-9-15(23-4)18(25-6)16(10-14)24-5/h7,9-10,13H,8H2,1-6H3,(H,19,22)/t13-/m1/s1. The van der Waals surface area contributed by atoms with Crippen LogP contribution in [-0.2, 0) is 4.79 Å². The lowest BCUT2D eigenvalue weighted by Crippen LogP contribution is -2.19. The number of aryl methyl sites for hydroxylation is 2. The first-order valence-electron chi connectivity index (χ1n) is 8.02. The molecule has 136 valence electrons. The number of ether oxygens (including phenoxy) is 3. The van der Waals surface area contributed by atoms with E-state index in [2.05, 4.69) is 10.4 Å². The molecule has 0 fully saturated rings. The Kier molecular flexibility index (Phi) is 5.90. The third kappa shape index (κ3) is 4.23. The lowest BCUT2D eigenvalue weighted by Gasteiger charge is -2.16. The molecule has 0 unspecified atom stereocenters. The van der Waals surface area contributed by atoms with Crippen LogP contribution in [0.1, 0.15) is 30.8 Å². The molecule has 0 spiro atoms. The molecule has 2 aromatic rings. The van der Waals surface area contributed by atoms with Gasteiger partial charge in [0, 0.05) is 29.9 Å². The van der Waals surface area contributed by atoms with Crippen molar-refractivity contribution in [2.24, 2.45) is 0 Å². The number of carbonyl (C=O) groups is 1. The van der Waals surface area contributed by atoms with Gasteiger partial charge >= 0.3 is 0 Å². The Labute approximate surface area is 147 Å². The van der Waals surface area contributed by atoms with Gasteiger partial charge in [0.2, 0.25) is 11.7 Å². The fourth-order valence-corrected chi connectivity index (χ4v) is 2.81. The zero-order valence-electron chi connectivity index (χ0n) is 15.5. The van der Waals surface area contributed by atoms with Gasteiger partial charge in [-0.1, -0.05) is 0 Å². The lowest BCUT2D eigenvalue weighted by atomic mass is 10.2. The van der Waals surface area contributed by atoms with Gasteiger partial charge in [-0.05, 0) is 26.8 Å². The van der Waals surface area contributed by atoms with Gasteiger partial charge in [0.05, 0.1) is 33.1 Å². The fraction of sp³-hybridized carbons (Fsp3) is 0.444. The van der Waals surface area contributed by atoms with E-state index in [1.165, 1.54) is 21.3 Å². The Morgan fingerprint density at radius 2 is 1.72 bits per heavy atom. The zero-order chi connectivity index (χ0) is 18.6. The van der Waals surface area contributed by atoms with E-state index in [9.17, 15) is 4.79 Å². The Bertz CT molecular complexity index is 730. The zero-order valence-corrected chi connectivity index (χ0v) is 15.5. The van der Waals surface area contributed by atoms with Gasteiger partial charge < -0.3 is 19.5 Å². The smallest absolute Gasteiger partial charge is 0.226 e. The van der Waals surface area contributed by atoms with Crippen molar-refractivity contribution in [2.75, 3.05) is 26.6 Å². The molecule has 7 heteroatoms. The van der Waals surface area contributed by atoms with Crippen molar-refractivity contribution in [3.63, 3.8) is 0 Å². The molecule has 1 heterocycles. The minimum absolute atomic E-state index is 0.0456. The quantitative estimate of drug-likeness (QED) is 0.833. The van der Waals surface area contributed by atoms with Crippen LogP contribution in [-0.4, -0.2) is 37.0 Å². The average molecular weight is 347 g/mol. The number of benzene rings is 1. The van der Waals surface area contributed by atoms with E-state index in [0.29, 0.717) is 29.4 Å². The number of amides is 1. The highest BCUT2D eigenvalue weighted by Crippen LogP contribution is 2.40. The molecule has 0 aliphatic rings. The summed E-state index contributed by atoms with van der Waals surface area (Å²) in [5.41, 5.74) is 2.56. The van der Waals surface area contributed by atoms with Crippen LogP contribution in [0.2, 0.25) is 0 Å². The van der Waals surface area contributed by atoms with Crippen LogP contribution in [0.25, 0.3) is 0 Å². The van der Waals surface area contributed by atoms with E-state index in [1.807, 2.05) is 31.5 Å². The van der Waals surface area contributed by atoms with Gasteiger partial charge in [-0.2, -0.15) is 5.10 Å². The number of methoxy groups -OCH3 is 3. The van der Waals surface area contributed by atoms with Crippen molar-refractivity contribution in [3.8, 4) is 17.2 Å². The van der Waals surface area contributed by atoms with Gasteiger partial charge in [-0.3, -0.25) is 9.48 Å². The molecule has 0 radical (unpaired) electrons. The number of anilines is 1. The maximum absolute atomic E-state index is 12.4. The molecule has 7 nitrogen and oxygen atoms in total. The number of hydrogen-bond acceptors (Lipinski definition) is 5. The highest BCUT2D eigenvalue weighted by Gasteiger charge is 2.17. The van der Waals surface area contributed by atoms with Gasteiger partial charge in [0.1, 0.15) is 0 Å². The molecule has 0 aliphatic carbocycles. The highest BCUT2D eigenvalue weighted by atomic mass is 16.5. The Balaban J connectivity index is 2.13. The van der Waals surface area contributed by atoms with Gasteiger partial charge in [0.15, 0.2) is 11.5 Å². The van der Waals surface area contributed by atoms with Crippen molar-refractivity contribution in [3.05, 3.63) is 29.6 Å². The largest absolute Gasteiger partial charge is 0.493 e. The van der Waals surface area contributed by atoms with Gasteiger partial charge in [-0.15, -0.1) is 0 Å². The Hall–Kier alpha value is -2.70. The number of carbonyl (C=O) groups excluding carboxylic acids is 1. The minimum atomic E-state index is -0.116. The summed E-state index contributed by atoms with van der Waals surface area (Å²) in [6.07, 6.45) is 0.304. The van der Waals surface area contributed by atoms with Crippen LogP contribution in [0.5, 0.6) is 17.2 Å². The van der Waals surface area contributed by atoms with Crippen molar-refractivity contribution < 1.29 is 19.0 Å². The summed E-state index contributed by atoms with van der Waals surface area (Å²) in [5, 5.41) is 7.30. The first-order valence-corrected chi connectivity index (χ1v) is 8.02. The van der Waals surface area contributed by atoms with Crippen LogP contribution in [0.3, 0.4) is 0 Å². The summed E-state index contributed by atoms with van der Waals surface area (Å²) in [7, 11) is 4.61. The Morgan fingerprint density at radius 3 is 2.16 bits per heavy atom. The van der Waals surface area contributed by atoms with Crippen molar-refractivity contribution >= 4 is 11.6 Å². The molecule has 0 saturated carbocycles. The summed E-state index contributed by atoms with van der Waals surface area (Å²) in [5.74, 6) is 1.35. The maximum atomic E-state index is 12.4. The number of hydrogen-bond donors (Lipinski definition) is 1. The molecule has 0 saturated heterocycles. The number of rotatable bonds is 7. The number of nitrogens with zero attached hydrogens (tertiary/aromatic N) is 2. The molecule has 0 bridgehead atoms. The first-order chi connectivity index (χ1) is 11.9. The van der Waals surface area contributed by atoms with E-state index >= 15 is 0 Å². The van der Waals surface area contributed by atoms with Gasteiger partial charge in [0.25, 0.3) is 0 Å². The Morgan fingerprint density at radius 1 is 1.12 bits per heavy atom. The minimum Gasteiger partial charge on any atom is -0.493 e. The van der Waals surface area contributed by atoms with Crippen molar-refractivity contribution in [1.29, 1.82) is 0 Å². The second kappa shape index (κ2) is 7.92. The summed E-state index contributed by atoms with van der Waals surface area (Å²) in [6.45, 7) is 5.88. The summed E-state index contributed by atoms with van der Waals surface area (Å²) < 4.78 is 17.7. The van der Waals surface area contributed by atoms with Crippen LogP contribution < -0.4 is 19.5 Å². The lowest BCUT2D eigenvalue weighted by molar-refractivity contribution is -0.116. The summed E-state index contributed by atoms with van der Waals surface area (Å²) >= 11 is 0. The van der Waals surface area contributed by atoms with Crippen molar-refractivity contribution in [1.82, 2.24) is 9.78 Å². The molecule has 1 atom stereocenters. The van der Waals surface area contributed by atoms with Gasteiger partial charge in [-0.25, -0.2) is 0 Å². The monoisotopic (exact) mass is 347 g/mol. The molecule has 0 aliphatic heterocycles. The number of aromatic nitrogens is 2. The predicted octanol–water partition coefficient (Wildman–Crippen LogP) is 3.12. The molecular formula is C18H25N3O4. The molecule has 1 aromatic carbocycles. The van der Waals surface area contributed by atoms with E-state index in [4.69, 9.17) is 14.2 Å². The predicted molar refractivity (Wildman–Crippen MR) is 95.8 cm³/mol. The molecular weight excluding hydrogens is 322 g/mol. The molecule has 25 heavy (non-hydrogen) atoms. The van der Waals surface area contributed by atoms with E-state index in [-0.39, 0.29) is 11.9 Å².